The van der Waals surface area contributed by atoms with E-state index in [1.54, 1.807) is 18.2 Å². The average molecular weight is 416 g/mol. The van der Waals surface area contributed by atoms with Crippen molar-refractivity contribution in [1.29, 1.82) is 0 Å². The summed E-state index contributed by atoms with van der Waals surface area (Å²) in [6, 6.07) is 7.02. The van der Waals surface area contributed by atoms with E-state index in [1.807, 2.05) is 0 Å². The van der Waals surface area contributed by atoms with Crippen molar-refractivity contribution in [2.45, 2.75) is 57.9 Å². The van der Waals surface area contributed by atoms with Crippen molar-refractivity contribution in [3.8, 4) is 0 Å². The summed E-state index contributed by atoms with van der Waals surface area (Å²) in [5.41, 5.74) is 1.28. The monoisotopic (exact) mass is 415 g/mol. The average Bonchev–Trinajstić information content (AvgIpc) is 2.65. The molecule has 0 amide bonds. The first kappa shape index (κ1) is 19.6. The SMILES string of the molecule is CC(CCNCC12CC3CC(CC(C3)C1)C2)Nc1nc2cc(Cl)ccc2cc1F. The second kappa shape index (κ2) is 7.70. The number of hydrogen-bond donors (Lipinski definition) is 2. The van der Waals surface area contributed by atoms with Crippen molar-refractivity contribution >= 4 is 28.3 Å². The molecule has 4 aliphatic rings. The molecule has 1 aromatic carbocycles. The third-order valence-corrected chi connectivity index (χ3v) is 7.77. The molecule has 3 nitrogen and oxygen atoms in total. The van der Waals surface area contributed by atoms with Crippen molar-refractivity contribution in [1.82, 2.24) is 10.3 Å². The van der Waals surface area contributed by atoms with Gasteiger partial charge in [-0.25, -0.2) is 9.37 Å². The third-order valence-electron chi connectivity index (χ3n) is 7.54. The van der Waals surface area contributed by atoms with Gasteiger partial charge >= 0.3 is 0 Å². The van der Waals surface area contributed by atoms with Gasteiger partial charge in [0.1, 0.15) is 0 Å². The Morgan fingerprint density at radius 2 is 1.83 bits per heavy atom. The number of hydrogen-bond acceptors (Lipinski definition) is 3. The van der Waals surface area contributed by atoms with E-state index in [9.17, 15) is 4.39 Å². The van der Waals surface area contributed by atoms with E-state index in [-0.39, 0.29) is 11.9 Å². The smallest absolute Gasteiger partial charge is 0.166 e. The van der Waals surface area contributed by atoms with Gasteiger partial charge in [-0.1, -0.05) is 17.7 Å². The van der Waals surface area contributed by atoms with E-state index < -0.39 is 0 Å². The largest absolute Gasteiger partial charge is 0.365 e. The second-order valence-corrected chi connectivity index (χ2v) is 10.5. The summed E-state index contributed by atoms with van der Waals surface area (Å²) in [5, 5.41) is 8.37. The van der Waals surface area contributed by atoms with E-state index in [0.29, 0.717) is 21.8 Å². The molecular formula is C24H31ClFN3. The molecule has 1 atom stereocenters. The van der Waals surface area contributed by atoms with Gasteiger partial charge < -0.3 is 10.6 Å². The fraction of sp³-hybridized carbons (Fsp3) is 0.625. The van der Waals surface area contributed by atoms with E-state index in [2.05, 4.69) is 22.5 Å². The zero-order valence-corrected chi connectivity index (χ0v) is 17.9. The Morgan fingerprint density at radius 3 is 2.52 bits per heavy atom. The number of nitrogens with zero attached hydrogens (tertiary/aromatic N) is 1. The number of nitrogens with one attached hydrogen (secondary N) is 2. The van der Waals surface area contributed by atoms with Crippen molar-refractivity contribution in [2.75, 3.05) is 18.4 Å². The van der Waals surface area contributed by atoms with Crippen molar-refractivity contribution in [3.63, 3.8) is 0 Å². The predicted octanol–water partition coefficient (Wildman–Crippen LogP) is 6.02. The lowest BCUT2D eigenvalue weighted by Crippen LogP contribution is -2.50. The van der Waals surface area contributed by atoms with Crippen molar-refractivity contribution in [2.24, 2.45) is 23.2 Å². The number of pyridine rings is 1. The van der Waals surface area contributed by atoms with E-state index in [0.717, 1.165) is 42.7 Å². The Balaban J connectivity index is 1.13. The topological polar surface area (TPSA) is 37.0 Å². The molecule has 4 bridgehead atoms. The molecule has 0 radical (unpaired) electrons. The standard InChI is InChI=1S/C24H31ClFN3/c1-15(28-23-21(26)9-19-2-3-20(25)10-22(19)29-23)4-5-27-14-24-11-16-6-17(12-24)8-18(7-16)13-24/h2-3,9-10,15-18,27H,4-8,11-14H2,1H3,(H,28,29). The maximum Gasteiger partial charge on any atom is 0.166 e. The first-order valence-corrected chi connectivity index (χ1v) is 11.6. The molecule has 1 aromatic heterocycles. The molecule has 0 spiro atoms. The molecule has 0 aliphatic heterocycles. The van der Waals surface area contributed by atoms with Crippen LogP contribution in [-0.4, -0.2) is 24.1 Å². The van der Waals surface area contributed by atoms with Gasteiger partial charge in [-0.05, 0) is 99.8 Å². The highest BCUT2D eigenvalue weighted by molar-refractivity contribution is 6.31. The summed E-state index contributed by atoms with van der Waals surface area (Å²) < 4.78 is 14.4. The maximum absolute atomic E-state index is 14.4. The van der Waals surface area contributed by atoms with Crippen LogP contribution in [0.5, 0.6) is 0 Å². The van der Waals surface area contributed by atoms with Crippen LogP contribution < -0.4 is 10.6 Å². The van der Waals surface area contributed by atoms with Crippen LogP contribution in [-0.2, 0) is 0 Å². The summed E-state index contributed by atoms with van der Waals surface area (Å²) in [7, 11) is 0. The quantitative estimate of drug-likeness (QED) is 0.542. The fourth-order valence-electron chi connectivity index (χ4n) is 6.70. The molecule has 4 saturated carbocycles. The van der Waals surface area contributed by atoms with Crippen LogP contribution in [0.25, 0.3) is 10.9 Å². The lowest BCUT2D eigenvalue weighted by atomic mass is 9.49. The van der Waals surface area contributed by atoms with Gasteiger partial charge in [-0.15, -0.1) is 0 Å². The minimum atomic E-state index is -0.312. The van der Waals surface area contributed by atoms with Gasteiger partial charge in [-0.3, -0.25) is 0 Å². The lowest BCUT2D eigenvalue weighted by Gasteiger charge is -2.57. The molecule has 4 fully saturated rings. The number of rotatable bonds is 7. The first-order valence-electron chi connectivity index (χ1n) is 11.2. The number of benzene rings is 1. The summed E-state index contributed by atoms with van der Waals surface area (Å²) in [5.74, 6) is 3.00. The van der Waals surface area contributed by atoms with Crippen LogP contribution in [0.4, 0.5) is 10.2 Å². The van der Waals surface area contributed by atoms with Gasteiger partial charge in [0, 0.05) is 23.0 Å². The third kappa shape index (κ3) is 4.11. The molecule has 2 N–H and O–H groups in total. The highest BCUT2D eigenvalue weighted by Crippen LogP contribution is 2.59. The number of fused-ring (bicyclic) bond motifs is 1. The molecule has 156 valence electrons. The molecular weight excluding hydrogens is 385 g/mol. The molecule has 1 heterocycles. The Labute approximate surface area is 177 Å². The number of anilines is 1. The summed E-state index contributed by atoms with van der Waals surface area (Å²) in [6.07, 6.45) is 9.75. The fourth-order valence-corrected chi connectivity index (χ4v) is 6.87. The Hall–Kier alpha value is -1.39. The van der Waals surface area contributed by atoms with Gasteiger partial charge in [0.05, 0.1) is 5.52 Å². The Kier molecular flexibility index (Phi) is 5.19. The number of aromatic nitrogens is 1. The zero-order valence-electron chi connectivity index (χ0n) is 17.2. The van der Waals surface area contributed by atoms with Crippen LogP contribution in [0.3, 0.4) is 0 Å². The van der Waals surface area contributed by atoms with Crippen molar-refractivity contribution in [3.05, 3.63) is 35.1 Å². The van der Waals surface area contributed by atoms with E-state index >= 15 is 0 Å². The number of halogens is 2. The molecule has 5 heteroatoms. The molecule has 4 aliphatic carbocycles. The highest BCUT2D eigenvalue weighted by Gasteiger charge is 2.50. The summed E-state index contributed by atoms with van der Waals surface area (Å²) in [6.45, 7) is 4.21. The molecule has 6 rings (SSSR count). The highest BCUT2D eigenvalue weighted by atomic mass is 35.5. The van der Waals surface area contributed by atoms with Gasteiger partial charge in [0.25, 0.3) is 0 Å². The minimum Gasteiger partial charge on any atom is -0.365 e. The van der Waals surface area contributed by atoms with Crippen LogP contribution in [0.1, 0.15) is 51.9 Å². The Morgan fingerprint density at radius 1 is 1.14 bits per heavy atom. The van der Waals surface area contributed by atoms with Gasteiger partial charge in [-0.2, -0.15) is 0 Å². The van der Waals surface area contributed by atoms with Gasteiger partial charge in [0.15, 0.2) is 11.6 Å². The first-order chi connectivity index (χ1) is 14.0. The summed E-state index contributed by atoms with van der Waals surface area (Å²) >= 11 is 6.05. The van der Waals surface area contributed by atoms with Crippen LogP contribution in [0.15, 0.2) is 24.3 Å². The maximum atomic E-state index is 14.4. The van der Waals surface area contributed by atoms with Crippen molar-refractivity contribution < 1.29 is 4.39 Å². The van der Waals surface area contributed by atoms with Crippen LogP contribution in [0, 0.1) is 29.0 Å². The lowest BCUT2D eigenvalue weighted by molar-refractivity contribution is -0.0512. The molecule has 0 saturated heterocycles. The molecule has 2 aromatic rings. The van der Waals surface area contributed by atoms with E-state index in [4.69, 9.17) is 11.6 Å². The van der Waals surface area contributed by atoms with E-state index in [1.165, 1.54) is 44.6 Å². The zero-order chi connectivity index (χ0) is 20.0. The van der Waals surface area contributed by atoms with Gasteiger partial charge in [0.2, 0.25) is 0 Å². The predicted molar refractivity (Wildman–Crippen MR) is 118 cm³/mol. The Bertz CT molecular complexity index is 864. The van der Waals surface area contributed by atoms with Crippen LogP contribution in [0.2, 0.25) is 5.02 Å². The molecule has 1 unspecified atom stereocenters. The normalized spacial score (nSPS) is 31.3. The second-order valence-electron chi connectivity index (χ2n) is 10.1. The van der Waals surface area contributed by atoms with Crippen LogP contribution >= 0.6 is 11.6 Å². The molecule has 29 heavy (non-hydrogen) atoms. The summed E-state index contributed by atoms with van der Waals surface area (Å²) in [4.78, 5) is 4.44. The minimum absolute atomic E-state index is 0.150.